The summed E-state index contributed by atoms with van der Waals surface area (Å²) in [6.45, 7) is 11.6. The zero-order chi connectivity index (χ0) is 33.1. The van der Waals surface area contributed by atoms with Gasteiger partial charge in [0.05, 0.1) is 5.56 Å². The predicted molar refractivity (Wildman–Crippen MR) is 178 cm³/mol. The summed E-state index contributed by atoms with van der Waals surface area (Å²) >= 11 is 0. The van der Waals surface area contributed by atoms with E-state index in [4.69, 9.17) is 23.7 Å². The Morgan fingerprint density at radius 3 is 1.93 bits per heavy atom. The molecule has 2 aromatic carbocycles. The van der Waals surface area contributed by atoms with E-state index >= 15 is 0 Å². The van der Waals surface area contributed by atoms with Crippen LogP contribution in [0.1, 0.15) is 114 Å². The third-order valence-electron chi connectivity index (χ3n) is 7.89. The van der Waals surface area contributed by atoms with Gasteiger partial charge in [0, 0.05) is 24.5 Å². The van der Waals surface area contributed by atoms with Gasteiger partial charge < -0.3 is 23.7 Å². The van der Waals surface area contributed by atoms with Crippen molar-refractivity contribution in [3.63, 3.8) is 0 Å². The molecule has 250 valence electrons. The van der Waals surface area contributed by atoms with Crippen molar-refractivity contribution in [2.24, 2.45) is 0 Å². The molecule has 3 rings (SSSR count). The Hall–Kier alpha value is -4.07. The van der Waals surface area contributed by atoms with Crippen molar-refractivity contribution < 1.29 is 38.1 Å². The van der Waals surface area contributed by atoms with Gasteiger partial charge >= 0.3 is 17.9 Å². The van der Waals surface area contributed by atoms with Crippen LogP contribution in [0, 0.1) is 0 Å². The molecule has 1 heterocycles. The van der Waals surface area contributed by atoms with E-state index in [1.165, 1.54) is 32.1 Å². The highest BCUT2D eigenvalue weighted by Gasteiger charge is 2.35. The van der Waals surface area contributed by atoms with Crippen molar-refractivity contribution in [3.05, 3.63) is 78.9 Å². The fourth-order valence-corrected chi connectivity index (χ4v) is 5.23. The molecule has 0 bridgehead atoms. The van der Waals surface area contributed by atoms with Crippen LogP contribution in [-0.4, -0.2) is 36.4 Å². The predicted octanol–water partition coefficient (Wildman–Crippen LogP) is 9.07. The summed E-state index contributed by atoms with van der Waals surface area (Å²) in [5.74, 6) is -0.00738. The number of carbonyl (C=O) groups excluding carboxylic acids is 3. The Kier molecular flexibility index (Phi) is 15.9. The van der Waals surface area contributed by atoms with Gasteiger partial charge in [0.1, 0.15) is 29.5 Å². The molecule has 1 aliphatic rings. The number of esters is 3. The Balaban J connectivity index is 1.54. The van der Waals surface area contributed by atoms with Crippen LogP contribution in [0.5, 0.6) is 17.2 Å². The maximum atomic E-state index is 12.9. The van der Waals surface area contributed by atoms with Crippen LogP contribution in [0.4, 0.5) is 0 Å². The molecule has 3 unspecified atom stereocenters. The SMILES string of the molecule is C=CC(=O)OC(CCCCCCC)Oc1ccc(OC(=O)c2ccc(OC(CCCCCCCC)C3CC(=C)C(=O)O3)cc2)cc1. The Labute approximate surface area is 274 Å². The third-order valence-corrected chi connectivity index (χ3v) is 7.89. The largest absolute Gasteiger partial charge is 0.487 e. The second kappa shape index (κ2) is 20.1. The van der Waals surface area contributed by atoms with Crippen LogP contribution in [0.15, 0.2) is 73.3 Å². The average molecular weight is 635 g/mol. The first kappa shape index (κ1) is 36.4. The van der Waals surface area contributed by atoms with Crippen molar-refractivity contribution >= 4 is 17.9 Å². The second-order valence-electron chi connectivity index (χ2n) is 11.7. The lowest BCUT2D eigenvalue weighted by atomic mass is 10.0. The number of ether oxygens (including phenoxy) is 5. The number of rotatable bonds is 22. The molecule has 0 N–H and O–H groups in total. The van der Waals surface area contributed by atoms with Crippen molar-refractivity contribution in [2.75, 3.05) is 0 Å². The highest BCUT2D eigenvalue weighted by molar-refractivity contribution is 5.91. The molecule has 8 heteroatoms. The molecule has 46 heavy (non-hydrogen) atoms. The van der Waals surface area contributed by atoms with E-state index in [2.05, 4.69) is 27.0 Å². The monoisotopic (exact) mass is 634 g/mol. The molecule has 2 aromatic rings. The van der Waals surface area contributed by atoms with Crippen LogP contribution in [0.3, 0.4) is 0 Å². The molecular formula is C38H50O8. The molecule has 1 saturated heterocycles. The van der Waals surface area contributed by atoms with E-state index in [1.54, 1.807) is 48.5 Å². The minimum Gasteiger partial charge on any atom is -0.487 e. The fourth-order valence-electron chi connectivity index (χ4n) is 5.23. The Morgan fingerprint density at radius 2 is 1.35 bits per heavy atom. The smallest absolute Gasteiger partial charge is 0.343 e. The molecule has 1 fully saturated rings. The van der Waals surface area contributed by atoms with Gasteiger partial charge in [-0.1, -0.05) is 84.8 Å². The molecule has 0 spiro atoms. The normalized spacial score (nSPS) is 15.5. The number of cyclic esters (lactones) is 1. The first-order chi connectivity index (χ1) is 22.3. The van der Waals surface area contributed by atoms with Crippen LogP contribution >= 0.6 is 0 Å². The van der Waals surface area contributed by atoms with Crippen molar-refractivity contribution in [1.82, 2.24) is 0 Å². The van der Waals surface area contributed by atoms with E-state index in [-0.39, 0.29) is 18.2 Å². The quantitative estimate of drug-likeness (QED) is 0.0416. The lowest BCUT2D eigenvalue weighted by Gasteiger charge is -2.24. The number of hydrogen-bond acceptors (Lipinski definition) is 8. The van der Waals surface area contributed by atoms with Crippen LogP contribution in [0.2, 0.25) is 0 Å². The van der Waals surface area contributed by atoms with Crippen molar-refractivity contribution in [3.8, 4) is 17.2 Å². The maximum absolute atomic E-state index is 12.9. The molecule has 1 aliphatic heterocycles. The highest BCUT2D eigenvalue weighted by Crippen LogP contribution is 2.28. The molecule has 3 atom stereocenters. The summed E-state index contributed by atoms with van der Waals surface area (Å²) < 4.78 is 28.6. The number of hydrogen-bond donors (Lipinski definition) is 0. The van der Waals surface area contributed by atoms with Gasteiger partial charge in [-0.05, 0) is 67.8 Å². The molecule has 0 aromatic heterocycles. The minimum absolute atomic E-state index is 0.297. The highest BCUT2D eigenvalue weighted by atomic mass is 16.7. The fraction of sp³-hybridized carbons (Fsp3) is 0.500. The Morgan fingerprint density at radius 1 is 0.804 bits per heavy atom. The summed E-state index contributed by atoms with van der Waals surface area (Å²) in [6, 6.07) is 13.3. The number of unbranched alkanes of at least 4 members (excludes halogenated alkanes) is 9. The Bertz CT molecular complexity index is 1230. The molecule has 8 nitrogen and oxygen atoms in total. The average Bonchev–Trinajstić information content (AvgIpc) is 3.40. The van der Waals surface area contributed by atoms with Gasteiger partial charge in [0.25, 0.3) is 0 Å². The zero-order valence-corrected chi connectivity index (χ0v) is 27.5. The van der Waals surface area contributed by atoms with Gasteiger partial charge in [-0.2, -0.15) is 0 Å². The van der Waals surface area contributed by atoms with E-state index < -0.39 is 18.2 Å². The summed E-state index contributed by atoms with van der Waals surface area (Å²) in [5.41, 5.74) is 0.827. The molecule has 0 radical (unpaired) electrons. The summed E-state index contributed by atoms with van der Waals surface area (Å²) in [4.78, 5) is 36.6. The van der Waals surface area contributed by atoms with Crippen molar-refractivity contribution in [1.29, 1.82) is 0 Å². The first-order valence-corrected chi connectivity index (χ1v) is 16.8. The summed E-state index contributed by atoms with van der Waals surface area (Å²) in [5, 5.41) is 0. The van der Waals surface area contributed by atoms with Gasteiger partial charge in [-0.25, -0.2) is 14.4 Å². The molecule has 0 aliphatic carbocycles. The van der Waals surface area contributed by atoms with Gasteiger partial charge in [-0.3, -0.25) is 0 Å². The van der Waals surface area contributed by atoms with E-state index in [0.717, 1.165) is 51.0 Å². The lowest BCUT2D eigenvalue weighted by Crippen LogP contribution is -2.31. The lowest BCUT2D eigenvalue weighted by molar-refractivity contribution is -0.158. The van der Waals surface area contributed by atoms with Crippen LogP contribution < -0.4 is 14.2 Å². The minimum atomic E-state index is -0.730. The zero-order valence-electron chi connectivity index (χ0n) is 27.5. The standard InChI is InChI=1S/C38H50O8/c1-5-8-10-12-14-15-17-33(34-27-28(4)37(40)45-34)42-30-21-19-29(20-22-30)38(41)44-32-25-23-31(24-26-32)43-36(46-35(39)7-3)18-16-13-11-9-6-2/h7,19-26,33-34,36H,3-6,8-18,27H2,1-2H3. The summed E-state index contributed by atoms with van der Waals surface area (Å²) in [7, 11) is 0. The molecule has 0 saturated carbocycles. The molecular weight excluding hydrogens is 584 g/mol. The third kappa shape index (κ3) is 12.7. The van der Waals surface area contributed by atoms with Gasteiger partial charge in [-0.15, -0.1) is 0 Å². The van der Waals surface area contributed by atoms with Crippen molar-refractivity contribution in [2.45, 2.75) is 122 Å². The second-order valence-corrected chi connectivity index (χ2v) is 11.7. The van der Waals surface area contributed by atoms with Crippen LogP contribution in [0.25, 0.3) is 0 Å². The van der Waals surface area contributed by atoms with E-state index in [1.807, 2.05) is 0 Å². The van der Waals surface area contributed by atoms with Gasteiger partial charge in [0.15, 0.2) is 0 Å². The summed E-state index contributed by atoms with van der Waals surface area (Å²) in [6.07, 6.45) is 13.8. The van der Waals surface area contributed by atoms with E-state index in [0.29, 0.717) is 41.2 Å². The molecule has 0 amide bonds. The van der Waals surface area contributed by atoms with Gasteiger partial charge in [0.2, 0.25) is 6.29 Å². The first-order valence-electron chi connectivity index (χ1n) is 16.8. The maximum Gasteiger partial charge on any atom is 0.343 e. The topological polar surface area (TPSA) is 97.4 Å². The number of carbonyl (C=O) groups is 3. The van der Waals surface area contributed by atoms with Crippen LogP contribution in [-0.2, 0) is 19.1 Å². The van der Waals surface area contributed by atoms with E-state index in [9.17, 15) is 14.4 Å². The number of benzene rings is 2.